The predicted molar refractivity (Wildman–Crippen MR) is 135 cm³/mol. The van der Waals surface area contributed by atoms with E-state index in [2.05, 4.69) is 99.7 Å². The zero-order chi connectivity index (χ0) is 19.9. The van der Waals surface area contributed by atoms with Crippen molar-refractivity contribution in [2.24, 2.45) is 0 Å². The Balaban J connectivity index is 0.000000779. The molecule has 0 nitrogen and oxygen atoms in total. The Hall–Kier alpha value is -2.86. The number of benzene rings is 3. The lowest BCUT2D eigenvalue weighted by atomic mass is 9.70. The van der Waals surface area contributed by atoms with Gasteiger partial charge in [0.25, 0.3) is 0 Å². The fourth-order valence-corrected chi connectivity index (χ4v) is 5.19. The molecule has 0 fully saturated rings. The average Bonchev–Trinajstić information content (AvgIpc) is 3.20. The molecule has 0 heteroatoms. The fourth-order valence-electron chi connectivity index (χ4n) is 5.19. The third-order valence-electron chi connectivity index (χ3n) is 6.09. The minimum Gasteiger partial charge on any atom is -0.0822 e. The largest absolute Gasteiger partial charge is 0.0822 e. The lowest BCUT2D eigenvalue weighted by Crippen LogP contribution is -2.26. The molecule has 0 aromatic heterocycles. The van der Waals surface area contributed by atoms with Gasteiger partial charge in [0.15, 0.2) is 0 Å². The normalized spacial score (nSPS) is 19.9. The molecule has 1 atom stereocenters. The van der Waals surface area contributed by atoms with E-state index in [9.17, 15) is 0 Å². The summed E-state index contributed by atoms with van der Waals surface area (Å²) < 4.78 is 0. The maximum atomic E-state index is 2.40. The Bertz CT molecular complexity index is 1110. The number of hydrogen-bond donors (Lipinski definition) is 0. The van der Waals surface area contributed by atoms with E-state index in [-0.39, 0.29) is 20.3 Å². The van der Waals surface area contributed by atoms with Gasteiger partial charge in [-0.15, -0.1) is 0 Å². The first kappa shape index (κ1) is 23.4. The molecule has 2 aliphatic carbocycles. The summed E-state index contributed by atoms with van der Waals surface area (Å²) in [7, 11) is 0. The van der Waals surface area contributed by atoms with Crippen LogP contribution in [0.25, 0.3) is 16.7 Å². The summed E-state index contributed by atoms with van der Waals surface area (Å²) in [5, 5.41) is 0. The number of fused-ring (bicyclic) bond motifs is 7. The molecule has 156 valence electrons. The van der Waals surface area contributed by atoms with Crippen LogP contribution in [-0.2, 0) is 5.41 Å². The molecule has 0 aliphatic heterocycles. The highest BCUT2D eigenvalue weighted by molar-refractivity contribution is 5.99. The number of hydrogen-bond acceptors (Lipinski definition) is 0. The van der Waals surface area contributed by atoms with E-state index in [1.165, 1.54) is 50.1 Å². The van der Waals surface area contributed by atoms with Crippen molar-refractivity contribution >= 4 is 5.57 Å². The first-order valence-corrected chi connectivity index (χ1v) is 10.4. The van der Waals surface area contributed by atoms with Crippen molar-refractivity contribution in [3.63, 3.8) is 0 Å². The topological polar surface area (TPSA) is 0 Å². The molecule has 1 unspecified atom stereocenters. The lowest BCUT2D eigenvalue weighted by Gasteiger charge is -2.31. The summed E-state index contributed by atoms with van der Waals surface area (Å²) in [5.74, 6) is 0. The van der Waals surface area contributed by atoms with Crippen LogP contribution in [0.4, 0.5) is 0 Å². The third-order valence-corrected chi connectivity index (χ3v) is 6.09. The van der Waals surface area contributed by atoms with Crippen molar-refractivity contribution in [2.75, 3.05) is 0 Å². The molecular weight excluding hydrogens is 360 g/mol. The Kier molecular flexibility index (Phi) is 6.93. The molecule has 0 radical (unpaired) electrons. The molecule has 1 spiro atoms. The standard InChI is InChI=1S/C26H22.C2H6.2CH4/c1-4-18-19-10-6-8-12-23(19)26(22(18)5-2)24-13-9-7-11-20(24)21-15-14-17(3)16-25(21)26;1-2;;/h4-16H,1-3H3;1-2H3;2*1H4/b18-4-,22-5+;;;. The second-order valence-electron chi connectivity index (χ2n) is 7.29. The van der Waals surface area contributed by atoms with Crippen molar-refractivity contribution in [3.05, 3.63) is 112 Å². The van der Waals surface area contributed by atoms with Gasteiger partial charge in [0, 0.05) is 0 Å². The van der Waals surface area contributed by atoms with Crippen LogP contribution in [-0.4, -0.2) is 0 Å². The average molecular weight is 397 g/mol. The van der Waals surface area contributed by atoms with Crippen LogP contribution in [0.15, 0.2) is 84.5 Å². The summed E-state index contributed by atoms with van der Waals surface area (Å²) in [6.07, 6.45) is 4.60. The summed E-state index contributed by atoms with van der Waals surface area (Å²) in [5.41, 5.74) is 12.3. The maximum absolute atomic E-state index is 2.40. The van der Waals surface area contributed by atoms with E-state index in [0.29, 0.717) is 0 Å². The second-order valence-corrected chi connectivity index (χ2v) is 7.29. The molecule has 0 saturated heterocycles. The van der Waals surface area contributed by atoms with Crippen molar-refractivity contribution in [1.29, 1.82) is 0 Å². The van der Waals surface area contributed by atoms with E-state index >= 15 is 0 Å². The molecule has 3 aromatic carbocycles. The molecule has 0 N–H and O–H groups in total. The molecule has 2 aliphatic rings. The molecule has 30 heavy (non-hydrogen) atoms. The molecule has 0 heterocycles. The van der Waals surface area contributed by atoms with Gasteiger partial charge in [-0.05, 0) is 65.3 Å². The number of rotatable bonds is 0. The highest BCUT2D eigenvalue weighted by Crippen LogP contribution is 2.63. The van der Waals surface area contributed by atoms with E-state index in [0.717, 1.165) is 0 Å². The fraction of sp³-hybridized carbons (Fsp3) is 0.267. The van der Waals surface area contributed by atoms with Crippen LogP contribution >= 0.6 is 0 Å². The zero-order valence-corrected chi connectivity index (χ0v) is 17.5. The van der Waals surface area contributed by atoms with Gasteiger partial charge in [0.2, 0.25) is 0 Å². The Labute approximate surface area is 184 Å². The molecule has 0 saturated carbocycles. The summed E-state index contributed by atoms with van der Waals surface area (Å²) >= 11 is 0. The summed E-state index contributed by atoms with van der Waals surface area (Å²) in [4.78, 5) is 0. The van der Waals surface area contributed by atoms with Gasteiger partial charge >= 0.3 is 0 Å². The smallest absolute Gasteiger partial charge is 0.0722 e. The van der Waals surface area contributed by atoms with Gasteiger partial charge < -0.3 is 0 Å². The SMILES string of the molecule is C.C.C/C=C1\C(=C/C)C2(c3ccccc31)c1ccccc1-c1ccc(C)cc12.CC. The Morgan fingerprint density at radius 2 is 1.17 bits per heavy atom. The molecule has 0 bridgehead atoms. The highest BCUT2D eigenvalue weighted by atomic mass is 14.5. The predicted octanol–water partition coefficient (Wildman–Crippen LogP) is 8.97. The molecule has 0 amide bonds. The van der Waals surface area contributed by atoms with E-state index < -0.39 is 0 Å². The van der Waals surface area contributed by atoms with E-state index in [4.69, 9.17) is 0 Å². The van der Waals surface area contributed by atoms with Crippen LogP contribution in [0, 0.1) is 6.92 Å². The first-order valence-electron chi connectivity index (χ1n) is 10.4. The lowest BCUT2D eigenvalue weighted by molar-refractivity contribution is 0.791. The Morgan fingerprint density at radius 1 is 0.633 bits per heavy atom. The first-order chi connectivity index (χ1) is 13.7. The second kappa shape index (κ2) is 8.88. The number of allylic oxidation sites excluding steroid dienone is 4. The van der Waals surface area contributed by atoms with Gasteiger partial charge in [-0.25, -0.2) is 0 Å². The van der Waals surface area contributed by atoms with E-state index in [1.807, 2.05) is 13.8 Å². The van der Waals surface area contributed by atoms with Gasteiger partial charge in [-0.3, -0.25) is 0 Å². The van der Waals surface area contributed by atoms with Crippen molar-refractivity contribution < 1.29 is 0 Å². The van der Waals surface area contributed by atoms with Crippen LogP contribution in [0.1, 0.15) is 70.4 Å². The van der Waals surface area contributed by atoms with Crippen LogP contribution in [0.3, 0.4) is 0 Å². The van der Waals surface area contributed by atoms with Gasteiger partial charge in [0.05, 0.1) is 5.41 Å². The molecular formula is C30H36. The third kappa shape index (κ3) is 2.82. The monoisotopic (exact) mass is 396 g/mol. The van der Waals surface area contributed by atoms with E-state index in [1.54, 1.807) is 0 Å². The highest BCUT2D eigenvalue weighted by Gasteiger charge is 2.52. The van der Waals surface area contributed by atoms with Crippen molar-refractivity contribution in [3.8, 4) is 11.1 Å². The van der Waals surface area contributed by atoms with Gasteiger partial charge in [-0.1, -0.05) is 113 Å². The maximum Gasteiger partial charge on any atom is 0.0722 e. The minimum absolute atomic E-state index is 0. The van der Waals surface area contributed by atoms with Crippen molar-refractivity contribution in [2.45, 2.75) is 54.9 Å². The molecule has 5 rings (SSSR count). The van der Waals surface area contributed by atoms with Crippen LogP contribution < -0.4 is 0 Å². The van der Waals surface area contributed by atoms with Gasteiger partial charge in [-0.2, -0.15) is 0 Å². The Morgan fingerprint density at radius 3 is 1.77 bits per heavy atom. The van der Waals surface area contributed by atoms with Crippen molar-refractivity contribution in [1.82, 2.24) is 0 Å². The summed E-state index contributed by atoms with van der Waals surface area (Å²) in [6, 6.07) is 24.8. The zero-order valence-electron chi connectivity index (χ0n) is 17.5. The molecule has 3 aromatic rings. The minimum atomic E-state index is -0.189. The summed E-state index contributed by atoms with van der Waals surface area (Å²) in [6.45, 7) is 10.5. The van der Waals surface area contributed by atoms with Crippen LogP contribution in [0.2, 0.25) is 0 Å². The quantitative estimate of drug-likeness (QED) is 0.355. The van der Waals surface area contributed by atoms with Crippen LogP contribution in [0.5, 0.6) is 0 Å². The van der Waals surface area contributed by atoms with Gasteiger partial charge in [0.1, 0.15) is 0 Å². The number of aryl methyl sites for hydroxylation is 1.